The first-order valence-electron chi connectivity index (χ1n) is 5.44. The van der Waals surface area contributed by atoms with Gasteiger partial charge in [-0.2, -0.15) is 0 Å². The molecule has 98 valence electrons. The molecule has 1 aromatic rings. The largest absolute Gasteiger partial charge is 0.391 e. The number of rotatable bonds is 7. The number of aromatic nitrogens is 1. The van der Waals surface area contributed by atoms with Crippen LogP contribution in [0, 0.1) is 0 Å². The summed E-state index contributed by atoms with van der Waals surface area (Å²) in [6, 6.07) is 0.244. The van der Waals surface area contributed by atoms with E-state index < -0.39 is 0 Å². The van der Waals surface area contributed by atoms with Gasteiger partial charge in [0.05, 0.1) is 36.4 Å². The van der Waals surface area contributed by atoms with Crippen molar-refractivity contribution < 1.29 is 14.6 Å². The van der Waals surface area contributed by atoms with Crippen molar-refractivity contribution in [3.05, 3.63) is 10.6 Å². The molecule has 1 atom stereocenters. The summed E-state index contributed by atoms with van der Waals surface area (Å²) < 4.78 is 10.2. The highest BCUT2D eigenvalue weighted by atomic mass is 32.1. The Morgan fingerprint density at radius 3 is 2.65 bits per heavy atom. The van der Waals surface area contributed by atoms with E-state index in [1.54, 1.807) is 14.2 Å². The van der Waals surface area contributed by atoms with Crippen LogP contribution < -0.4 is 4.90 Å². The molecule has 0 radical (unpaired) electrons. The van der Waals surface area contributed by atoms with Crippen LogP contribution in [0.2, 0.25) is 0 Å². The molecule has 5 nitrogen and oxygen atoms in total. The summed E-state index contributed by atoms with van der Waals surface area (Å²) in [7, 11) is 5.28. The van der Waals surface area contributed by atoms with Crippen molar-refractivity contribution in [2.45, 2.75) is 26.2 Å². The van der Waals surface area contributed by atoms with E-state index in [9.17, 15) is 5.11 Å². The number of ether oxygens (including phenoxy) is 2. The topological polar surface area (TPSA) is 54.8 Å². The van der Waals surface area contributed by atoms with Crippen LogP contribution in [0.15, 0.2) is 0 Å². The zero-order valence-electron chi connectivity index (χ0n) is 10.8. The van der Waals surface area contributed by atoms with Gasteiger partial charge in [-0.3, -0.25) is 0 Å². The van der Waals surface area contributed by atoms with Gasteiger partial charge in [0, 0.05) is 21.3 Å². The molecule has 0 aromatic carbocycles. The third-order valence-corrected chi connectivity index (χ3v) is 3.74. The summed E-state index contributed by atoms with van der Waals surface area (Å²) in [5.41, 5.74) is 0.812. The predicted octanol–water partition coefficient (Wildman–Crippen LogP) is 1.25. The van der Waals surface area contributed by atoms with Crippen molar-refractivity contribution in [3.8, 4) is 0 Å². The molecule has 0 saturated heterocycles. The Kier molecular flexibility index (Phi) is 5.84. The highest BCUT2D eigenvalue weighted by molar-refractivity contribution is 7.15. The van der Waals surface area contributed by atoms with Crippen LogP contribution in [0.4, 0.5) is 5.13 Å². The lowest BCUT2D eigenvalue weighted by atomic mass is 10.3. The highest BCUT2D eigenvalue weighted by Crippen LogP contribution is 2.27. The molecule has 1 heterocycles. The second kappa shape index (κ2) is 6.90. The number of hydrogen-bond donors (Lipinski definition) is 1. The van der Waals surface area contributed by atoms with E-state index in [0.717, 1.165) is 15.7 Å². The van der Waals surface area contributed by atoms with Gasteiger partial charge in [0.25, 0.3) is 0 Å². The second-order valence-electron chi connectivity index (χ2n) is 3.87. The van der Waals surface area contributed by atoms with Gasteiger partial charge < -0.3 is 19.5 Å². The van der Waals surface area contributed by atoms with Gasteiger partial charge in [-0.15, -0.1) is 0 Å². The van der Waals surface area contributed by atoms with Crippen molar-refractivity contribution in [2.75, 3.05) is 32.8 Å². The number of methoxy groups -OCH3 is 2. The molecule has 0 saturated carbocycles. The summed E-state index contributed by atoms with van der Waals surface area (Å²) in [6.07, 6.45) is 0. The quantitative estimate of drug-likeness (QED) is 0.799. The third-order valence-electron chi connectivity index (χ3n) is 2.56. The number of hydrogen-bond acceptors (Lipinski definition) is 6. The minimum atomic E-state index is 0.00284. The van der Waals surface area contributed by atoms with Crippen LogP contribution in [-0.4, -0.2) is 44.0 Å². The predicted molar refractivity (Wildman–Crippen MR) is 68.5 cm³/mol. The van der Waals surface area contributed by atoms with Gasteiger partial charge >= 0.3 is 0 Å². The lowest BCUT2D eigenvalue weighted by Crippen LogP contribution is -2.32. The van der Waals surface area contributed by atoms with Gasteiger partial charge in [-0.05, 0) is 6.92 Å². The van der Waals surface area contributed by atoms with Crippen LogP contribution in [-0.2, 0) is 22.7 Å². The Hall–Kier alpha value is -0.690. The normalized spacial score (nSPS) is 12.8. The Bertz CT molecular complexity index is 343. The van der Waals surface area contributed by atoms with Gasteiger partial charge in [0.15, 0.2) is 5.13 Å². The van der Waals surface area contributed by atoms with Crippen molar-refractivity contribution in [1.82, 2.24) is 4.98 Å². The summed E-state index contributed by atoms with van der Waals surface area (Å²) in [5, 5.41) is 10.1. The molecule has 0 aliphatic carbocycles. The maximum Gasteiger partial charge on any atom is 0.186 e. The number of nitrogens with zero attached hydrogens (tertiary/aromatic N) is 2. The molecule has 0 bridgehead atoms. The van der Waals surface area contributed by atoms with Crippen LogP contribution in [0.25, 0.3) is 0 Å². The van der Waals surface area contributed by atoms with Gasteiger partial charge in [-0.1, -0.05) is 11.3 Å². The Balaban J connectivity index is 2.83. The van der Waals surface area contributed by atoms with E-state index in [4.69, 9.17) is 9.47 Å². The average Bonchev–Trinajstić information content (AvgIpc) is 2.72. The Labute approximate surface area is 106 Å². The summed E-state index contributed by atoms with van der Waals surface area (Å²) in [5.74, 6) is 0. The molecule has 0 aliphatic heterocycles. The molecule has 6 heteroatoms. The zero-order chi connectivity index (χ0) is 12.8. The molecule has 0 amide bonds. The minimum absolute atomic E-state index is 0.00284. The SMILES string of the molecule is COCc1nc(N(C)C(C)COC)sc1CO. The number of thiazole rings is 1. The zero-order valence-corrected chi connectivity index (χ0v) is 11.6. The fraction of sp³-hybridized carbons (Fsp3) is 0.727. The van der Waals surface area contributed by atoms with E-state index in [0.29, 0.717) is 13.2 Å². The number of likely N-dealkylation sites (N-methyl/N-ethyl adjacent to an activating group) is 1. The molecule has 1 N–H and O–H groups in total. The third kappa shape index (κ3) is 3.64. The van der Waals surface area contributed by atoms with E-state index in [1.807, 2.05) is 11.9 Å². The molecule has 1 rings (SSSR count). The number of anilines is 1. The second-order valence-corrected chi connectivity index (χ2v) is 4.93. The summed E-state index contributed by atoms with van der Waals surface area (Å²) in [6.45, 7) is 3.14. The smallest absolute Gasteiger partial charge is 0.186 e. The number of aliphatic hydroxyl groups is 1. The van der Waals surface area contributed by atoms with Crippen molar-refractivity contribution in [3.63, 3.8) is 0 Å². The molecule has 0 fully saturated rings. The van der Waals surface area contributed by atoms with Gasteiger partial charge in [0.1, 0.15) is 0 Å². The molecule has 1 unspecified atom stereocenters. The maximum atomic E-state index is 9.25. The van der Waals surface area contributed by atoms with E-state index in [1.165, 1.54) is 11.3 Å². The first kappa shape index (κ1) is 14.4. The lowest BCUT2D eigenvalue weighted by molar-refractivity contribution is 0.178. The monoisotopic (exact) mass is 260 g/mol. The molecule has 0 spiro atoms. The summed E-state index contributed by atoms with van der Waals surface area (Å²) >= 11 is 1.49. The highest BCUT2D eigenvalue weighted by Gasteiger charge is 2.17. The molecule has 0 aliphatic rings. The van der Waals surface area contributed by atoms with Crippen LogP contribution in [0.5, 0.6) is 0 Å². The fourth-order valence-corrected chi connectivity index (χ4v) is 2.42. The number of aliphatic hydroxyl groups excluding tert-OH is 1. The van der Waals surface area contributed by atoms with Crippen LogP contribution >= 0.6 is 11.3 Å². The van der Waals surface area contributed by atoms with E-state index in [2.05, 4.69) is 11.9 Å². The fourth-order valence-electron chi connectivity index (χ4n) is 1.44. The average molecular weight is 260 g/mol. The Morgan fingerprint density at radius 1 is 1.41 bits per heavy atom. The van der Waals surface area contributed by atoms with Gasteiger partial charge in [-0.25, -0.2) is 4.98 Å². The van der Waals surface area contributed by atoms with Crippen LogP contribution in [0.1, 0.15) is 17.5 Å². The first-order chi connectivity index (χ1) is 8.13. The first-order valence-corrected chi connectivity index (χ1v) is 6.25. The molecule has 17 heavy (non-hydrogen) atoms. The van der Waals surface area contributed by atoms with E-state index in [-0.39, 0.29) is 12.6 Å². The van der Waals surface area contributed by atoms with Crippen molar-refractivity contribution in [1.29, 1.82) is 0 Å². The summed E-state index contributed by atoms with van der Waals surface area (Å²) in [4.78, 5) is 7.39. The Morgan fingerprint density at radius 2 is 2.12 bits per heavy atom. The minimum Gasteiger partial charge on any atom is -0.391 e. The molecular formula is C11H20N2O3S. The van der Waals surface area contributed by atoms with E-state index >= 15 is 0 Å². The lowest BCUT2D eigenvalue weighted by Gasteiger charge is -2.23. The van der Waals surface area contributed by atoms with Gasteiger partial charge in [0.2, 0.25) is 0 Å². The van der Waals surface area contributed by atoms with Crippen molar-refractivity contribution in [2.24, 2.45) is 0 Å². The standard InChI is InChI=1S/C11H20N2O3S/c1-8(6-15-3)13(2)11-12-9(7-16-4)10(5-14)17-11/h8,14H,5-7H2,1-4H3. The molecule has 1 aromatic heterocycles. The maximum absolute atomic E-state index is 9.25. The van der Waals surface area contributed by atoms with Crippen molar-refractivity contribution >= 4 is 16.5 Å². The van der Waals surface area contributed by atoms with Crippen LogP contribution in [0.3, 0.4) is 0 Å². The molecular weight excluding hydrogens is 240 g/mol.